The summed E-state index contributed by atoms with van der Waals surface area (Å²) in [6, 6.07) is 2.36. The Balaban J connectivity index is 1.85. The van der Waals surface area contributed by atoms with E-state index in [2.05, 4.69) is 22.9 Å². The first-order valence-corrected chi connectivity index (χ1v) is 6.81. The van der Waals surface area contributed by atoms with E-state index in [1.165, 1.54) is 11.4 Å². The summed E-state index contributed by atoms with van der Waals surface area (Å²) in [6.45, 7) is 2.93. The van der Waals surface area contributed by atoms with E-state index in [0.717, 1.165) is 37.8 Å². The molecule has 0 aromatic carbocycles. The maximum atomic E-state index is 11.2. The van der Waals surface area contributed by atoms with Gasteiger partial charge in [0.1, 0.15) is 0 Å². The Hall–Kier alpha value is -1.29. The fourth-order valence-electron chi connectivity index (χ4n) is 3.23. The molecule has 1 amide bonds. The molecule has 2 heterocycles. The lowest BCUT2D eigenvalue weighted by Gasteiger charge is -2.22. The molecule has 0 radical (unpaired) electrons. The highest BCUT2D eigenvalue weighted by molar-refractivity contribution is 5.78. The Kier molecular flexibility index (Phi) is 2.90. The van der Waals surface area contributed by atoms with Crippen LogP contribution >= 0.6 is 0 Å². The number of aliphatic hydroxyl groups is 1. The van der Waals surface area contributed by atoms with Gasteiger partial charge in [-0.05, 0) is 38.7 Å². The van der Waals surface area contributed by atoms with Crippen LogP contribution in [0, 0.1) is 6.92 Å². The van der Waals surface area contributed by atoms with E-state index in [1.807, 2.05) is 0 Å². The summed E-state index contributed by atoms with van der Waals surface area (Å²) in [5, 5.41) is 13.0. The van der Waals surface area contributed by atoms with E-state index in [0.29, 0.717) is 6.42 Å². The van der Waals surface area contributed by atoms with Crippen molar-refractivity contribution < 1.29 is 9.90 Å². The van der Waals surface area contributed by atoms with Crippen molar-refractivity contribution in [2.75, 3.05) is 0 Å². The third-order valence-corrected chi connectivity index (χ3v) is 4.19. The second-order valence-electron chi connectivity index (χ2n) is 5.51. The molecule has 0 saturated carbocycles. The van der Waals surface area contributed by atoms with Crippen LogP contribution in [0.25, 0.3) is 0 Å². The van der Waals surface area contributed by atoms with Crippen LogP contribution in [0.2, 0.25) is 0 Å². The maximum Gasteiger partial charge on any atom is 0.220 e. The van der Waals surface area contributed by atoms with Crippen molar-refractivity contribution in [3.05, 3.63) is 23.0 Å². The number of nitrogens with one attached hydrogen (secondary N) is 1. The Bertz CT molecular complexity index is 478. The van der Waals surface area contributed by atoms with Crippen molar-refractivity contribution in [1.29, 1.82) is 0 Å². The molecule has 0 bridgehead atoms. The van der Waals surface area contributed by atoms with E-state index in [1.54, 1.807) is 0 Å². The molecule has 2 atom stereocenters. The number of rotatable bonds is 2. The monoisotopic (exact) mass is 248 g/mol. The van der Waals surface area contributed by atoms with Gasteiger partial charge in [-0.1, -0.05) is 0 Å². The quantitative estimate of drug-likeness (QED) is 0.832. The van der Waals surface area contributed by atoms with E-state index in [9.17, 15) is 9.90 Å². The Labute approximate surface area is 107 Å². The zero-order valence-electron chi connectivity index (χ0n) is 10.8. The highest BCUT2D eigenvalue weighted by Crippen LogP contribution is 2.32. The van der Waals surface area contributed by atoms with Gasteiger partial charge in [0.15, 0.2) is 0 Å². The summed E-state index contributed by atoms with van der Waals surface area (Å²) in [7, 11) is 0. The number of carbonyl (C=O) groups excluding carboxylic acids is 1. The molecule has 2 N–H and O–H groups in total. The fourth-order valence-corrected chi connectivity index (χ4v) is 3.23. The van der Waals surface area contributed by atoms with Crippen LogP contribution in [0.3, 0.4) is 0 Å². The van der Waals surface area contributed by atoms with Crippen LogP contribution in [0.1, 0.15) is 48.7 Å². The lowest BCUT2D eigenvalue weighted by Crippen LogP contribution is -2.30. The first kappa shape index (κ1) is 11.8. The lowest BCUT2D eigenvalue weighted by atomic mass is 9.95. The van der Waals surface area contributed by atoms with Gasteiger partial charge >= 0.3 is 0 Å². The SMILES string of the molecule is Cc1cc2c(n1CC1CCC(=O)N1)CCCC2O. The van der Waals surface area contributed by atoms with E-state index in [4.69, 9.17) is 0 Å². The summed E-state index contributed by atoms with van der Waals surface area (Å²) in [4.78, 5) is 11.2. The van der Waals surface area contributed by atoms with Gasteiger partial charge < -0.3 is 15.0 Å². The first-order valence-electron chi connectivity index (χ1n) is 6.81. The van der Waals surface area contributed by atoms with E-state index >= 15 is 0 Å². The number of nitrogens with zero attached hydrogens (tertiary/aromatic N) is 1. The minimum absolute atomic E-state index is 0.165. The molecule has 1 aliphatic heterocycles. The van der Waals surface area contributed by atoms with Gasteiger partial charge in [-0.3, -0.25) is 4.79 Å². The number of aryl methyl sites for hydroxylation is 1. The smallest absolute Gasteiger partial charge is 0.220 e. The zero-order chi connectivity index (χ0) is 12.7. The van der Waals surface area contributed by atoms with E-state index in [-0.39, 0.29) is 18.1 Å². The second kappa shape index (κ2) is 4.43. The van der Waals surface area contributed by atoms with Crippen molar-refractivity contribution in [3.8, 4) is 0 Å². The van der Waals surface area contributed by atoms with Gasteiger partial charge in [-0.15, -0.1) is 0 Å². The Morgan fingerprint density at radius 2 is 2.28 bits per heavy atom. The third kappa shape index (κ3) is 1.94. The van der Waals surface area contributed by atoms with Gasteiger partial charge in [-0.25, -0.2) is 0 Å². The topological polar surface area (TPSA) is 54.3 Å². The molecule has 18 heavy (non-hydrogen) atoms. The molecule has 3 rings (SSSR count). The van der Waals surface area contributed by atoms with Gasteiger partial charge in [-0.2, -0.15) is 0 Å². The Morgan fingerprint density at radius 1 is 1.44 bits per heavy atom. The predicted octanol–water partition coefficient (Wildman–Crippen LogP) is 1.44. The fraction of sp³-hybridized carbons (Fsp3) is 0.643. The molecule has 2 aliphatic rings. The number of amides is 1. The minimum Gasteiger partial charge on any atom is -0.388 e. The molecule has 1 saturated heterocycles. The van der Waals surface area contributed by atoms with Crippen molar-refractivity contribution in [2.45, 2.75) is 57.7 Å². The third-order valence-electron chi connectivity index (χ3n) is 4.19. The Morgan fingerprint density at radius 3 is 3.00 bits per heavy atom. The molecule has 1 aromatic rings. The van der Waals surface area contributed by atoms with E-state index < -0.39 is 0 Å². The molecule has 1 fully saturated rings. The molecule has 0 spiro atoms. The number of carbonyl (C=O) groups is 1. The summed E-state index contributed by atoms with van der Waals surface area (Å²) in [5.41, 5.74) is 3.57. The van der Waals surface area contributed by atoms with Gasteiger partial charge in [0.25, 0.3) is 0 Å². The van der Waals surface area contributed by atoms with Gasteiger partial charge in [0, 0.05) is 36.0 Å². The maximum absolute atomic E-state index is 11.2. The number of hydrogen-bond acceptors (Lipinski definition) is 2. The summed E-state index contributed by atoms with van der Waals surface area (Å²) in [6.07, 6.45) is 4.24. The minimum atomic E-state index is -0.299. The molecule has 1 aliphatic carbocycles. The van der Waals surface area contributed by atoms with Crippen molar-refractivity contribution in [3.63, 3.8) is 0 Å². The summed E-state index contributed by atoms with van der Waals surface area (Å²) < 4.78 is 2.29. The summed E-state index contributed by atoms with van der Waals surface area (Å²) >= 11 is 0. The van der Waals surface area contributed by atoms with Gasteiger partial charge in [0.05, 0.1) is 6.10 Å². The van der Waals surface area contributed by atoms with Crippen LogP contribution in [0.4, 0.5) is 0 Å². The number of aromatic nitrogens is 1. The normalized spacial score (nSPS) is 27.1. The van der Waals surface area contributed by atoms with Crippen LogP contribution in [0.5, 0.6) is 0 Å². The lowest BCUT2D eigenvalue weighted by molar-refractivity contribution is -0.119. The van der Waals surface area contributed by atoms with Crippen LogP contribution in [0.15, 0.2) is 6.07 Å². The largest absolute Gasteiger partial charge is 0.388 e. The van der Waals surface area contributed by atoms with Gasteiger partial charge in [0.2, 0.25) is 5.91 Å². The number of hydrogen-bond donors (Lipinski definition) is 2. The van der Waals surface area contributed by atoms with Crippen molar-refractivity contribution in [2.24, 2.45) is 0 Å². The molecule has 1 aromatic heterocycles. The molecular formula is C14H20N2O2. The highest BCUT2D eigenvalue weighted by atomic mass is 16.3. The van der Waals surface area contributed by atoms with Crippen LogP contribution in [-0.4, -0.2) is 21.6 Å². The van der Waals surface area contributed by atoms with Crippen LogP contribution in [-0.2, 0) is 17.8 Å². The first-order chi connectivity index (χ1) is 8.65. The molecule has 2 unspecified atom stereocenters. The average Bonchev–Trinajstić information content (AvgIpc) is 2.87. The molecule has 4 nitrogen and oxygen atoms in total. The average molecular weight is 248 g/mol. The predicted molar refractivity (Wildman–Crippen MR) is 68.2 cm³/mol. The van der Waals surface area contributed by atoms with Crippen molar-refractivity contribution >= 4 is 5.91 Å². The zero-order valence-corrected chi connectivity index (χ0v) is 10.8. The second-order valence-corrected chi connectivity index (χ2v) is 5.51. The molecular weight excluding hydrogens is 228 g/mol. The standard InChI is InChI=1S/C14H20N2O2/c1-9-7-11-12(3-2-4-13(11)17)16(9)8-10-5-6-14(18)15-10/h7,10,13,17H,2-6,8H2,1H3,(H,15,18). The molecule has 98 valence electrons. The van der Waals surface area contributed by atoms with Crippen LogP contribution < -0.4 is 5.32 Å². The summed E-state index contributed by atoms with van der Waals surface area (Å²) in [5.74, 6) is 0.165. The number of aliphatic hydroxyl groups excluding tert-OH is 1. The molecule has 4 heteroatoms. The van der Waals surface area contributed by atoms with Crippen molar-refractivity contribution in [1.82, 2.24) is 9.88 Å². The number of fused-ring (bicyclic) bond motifs is 1. The highest BCUT2D eigenvalue weighted by Gasteiger charge is 2.26.